The SMILES string of the molecule is Cc1cccc(Nc2ccnc3c(F)cccc23)c1C. The number of hydrogen-bond acceptors (Lipinski definition) is 2. The lowest BCUT2D eigenvalue weighted by Gasteiger charge is -2.13. The smallest absolute Gasteiger partial charge is 0.149 e. The van der Waals surface area contributed by atoms with Gasteiger partial charge in [-0.15, -0.1) is 0 Å². The topological polar surface area (TPSA) is 24.9 Å². The van der Waals surface area contributed by atoms with Crippen molar-refractivity contribution in [1.29, 1.82) is 0 Å². The second-order valence-corrected chi connectivity index (χ2v) is 4.87. The van der Waals surface area contributed by atoms with Gasteiger partial charge in [0.15, 0.2) is 0 Å². The lowest BCUT2D eigenvalue weighted by atomic mass is 10.1. The number of pyridine rings is 1. The van der Waals surface area contributed by atoms with Gasteiger partial charge >= 0.3 is 0 Å². The molecule has 0 aliphatic rings. The number of rotatable bonds is 2. The minimum atomic E-state index is -0.299. The quantitative estimate of drug-likeness (QED) is 0.725. The highest BCUT2D eigenvalue weighted by Crippen LogP contribution is 2.28. The first-order valence-corrected chi connectivity index (χ1v) is 6.53. The molecule has 0 spiro atoms. The third kappa shape index (κ3) is 2.11. The van der Waals surface area contributed by atoms with E-state index in [4.69, 9.17) is 0 Å². The molecule has 0 unspecified atom stereocenters. The van der Waals surface area contributed by atoms with Crippen molar-refractivity contribution in [3.63, 3.8) is 0 Å². The van der Waals surface area contributed by atoms with Gasteiger partial charge in [0.2, 0.25) is 0 Å². The minimum absolute atomic E-state index is 0.299. The van der Waals surface area contributed by atoms with Crippen LogP contribution in [-0.4, -0.2) is 4.98 Å². The molecular formula is C17H15FN2. The van der Waals surface area contributed by atoms with Crippen LogP contribution in [0.4, 0.5) is 15.8 Å². The van der Waals surface area contributed by atoms with Gasteiger partial charge in [0.25, 0.3) is 0 Å². The van der Waals surface area contributed by atoms with Crippen molar-refractivity contribution in [2.45, 2.75) is 13.8 Å². The van der Waals surface area contributed by atoms with Crippen molar-refractivity contribution in [3.05, 3.63) is 65.6 Å². The molecule has 0 bridgehead atoms. The number of fused-ring (bicyclic) bond motifs is 1. The Morgan fingerprint density at radius 2 is 1.75 bits per heavy atom. The Hall–Kier alpha value is -2.42. The van der Waals surface area contributed by atoms with Gasteiger partial charge in [0.05, 0.1) is 0 Å². The number of benzene rings is 2. The Balaban J connectivity index is 2.12. The summed E-state index contributed by atoms with van der Waals surface area (Å²) in [5, 5.41) is 4.16. The van der Waals surface area contributed by atoms with Gasteiger partial charge in [-0.2, -0.15) is 0 Å². The Morgan fingerprint density at radius 1 is 0.950 bits per heavy atom. The first-order valence-electron chi connectivity index (χ1n) is 6.53. The van der Waals surface area contributed by atoms with Gasteiger partial charge in [-0.25, -0.2) is 4.39 Å². The molecule has 0 saturated heterocycles. The Bertz CT molecular complexity index is 781. The minimum Gasteiger partial charge on any atom is -0.355 e. The zero-order chi connectivity index (χ0) is 14.1. The van der Waals surface area contributed by atoms with E-state index in [9.17, 15) is 4.39 Å². The second kappa shape index (κ2) is 4.93. The Kier molecular flexibility index (Phi) is 3.11. The summed E-state index contributed by atoms with van der Waals surface area (Å²) in [4.78, 5) is 4.11. The van der Waals surface area contributed by atoms with E-state index >= 15 is 0 Å². The van der Waals surface area contributed by atoms with E-state index in [0.717, 1.165) is 16.8 Å². The largest absolute Gasteiger partial charge is 0.355 e. The first kappa shape index (κ1) is 12.6. The third-order valence-corrected chi connectivity index (χ3v) is 3.60. The van der Waals surface area contributed by atoms with Crippen LogP contribution in [0.5, 0.6) is 0 Å². The standard InChI is InChI=1S/C17H15FN2/c1-11-5-3-8-15(12(11)2)20-16-9-10-19-17-13(16)6-4-7-14(17)18/h3-10H,1-2H3,(H,19,20). The van der Waals surface area contributed by atoms with Crippen LogP contribution >= 0.6 is 0 Å². The summed E-state index contributed by atoms with van der Waals surface area (Å²) >= 11 is 0. The van der Waals surface area contributed by atoms with Gasteiger partial charge < -0.3 is 5.32 Å². The molecule has 2 aromatic carbocycles. The summed E-state index contributed by atoms with van der Waals surface area (Å²) in [6.07, 6.45) is 1.62. The zero-order valence-electron chi connectivity index (χ0n) is 11.4. The maximum absolute atomic E-state index is 13.8. The van der Waals surface area contributed by atoms with Crippen molar-refractivity contribution in [1.82, 2.24) is 4.98 Å². The number of aryl methyl sites for hydroxylation is 1. The van der Waals surface area contributed by atoms with Crippen molar-refractivity contribution in [2.24, 2.45) is 0 Å². The highest BCUT2D eigenvalue weighted by Gasteiger charge is 2.07. The molecule has 100 valence electrons. The van der Waals surface area contributed by atoms with Crippen LogP contribution < -0.4 is 5.32 Å². The number of aromatic nitrogens is 1. The maximum Gasteiger partial charge on any atom is 0.149 e. The molecule has 0 saturated carbocycles. The van der Waals surface area contributed by atoms with E-state index in [-0.39, 0.29) is 5.82 Å². The molecule has 0 radical (unpaired) electrons. The summed E-state index contributed by atoms with van der Waals surface area (Å²) in [6.45, 7) is 4.15. The average Bonchev–Trinajstić information content (AvgIpc) is 2.45. The molecule has 0 fully saturated rings. The van der Waals surface area contributed by atoms with E-state index < -0.39 is 0 Å². The zero-order valence-corrected chi connectivity index (χ0v) is 11.4. The summed E-state index contributed by atoms with van der Waals surface area (Å²) in [7, 11) is 0. The average molecular weight is 266 g/mol. The molecule has 3 aromatic rings. The fraction of sp³-hybridized carbons (Fsp3) is 0.118. The van der Waals surface area contributed by atoms with E-state index in [1.165, 1.54) is 17.2 Å². The van der Waals surface area contributed by atoms with Crippen LogP contribution in [0.15, 0.2) is 48.7 Å². The third-order valence-electron chi connectivity index (χ3n) is 3.60. The molecule has 0 atom stereocenters. The molecule has 1 N–H and O–H groups in total. The molecule has 2 nitrogen and oxygen atoms in total. The molecule has 20 heavy (non-hydrogen) atoms. The fourth-order valence-corrected chi connectivity index (χ4v) is 2.28. The van der Waals surface area contributed by atoms with Crippen LogP contribution in [0.2, 0.25) is 0 Å². The first-order chi connectivity index (χ1) is 9.66. The van der Waals surface area contributed by atoms with E-state index in [1.54, 1.807) is 12.3 Å². The van der Waals surface area contributed by atoms with Crippen LogP contribution in [0, 0.1) is 19.7 Å². The van der Waals surface area contributed by atoms with E-state index in [2.05, 4.69) is 30.2 Å². The fourth-order valence-electron chi connectivity index (χ4n) is 2.28. The molecule has 1 heterocycles. The van der Waals surface area contributed by atoms with Crippen LogP contribution in [-0.2, 0) is 0 Å². The number of anilines is 2. The van der Waals surface area contributed by atoms with Gasteiger partial charge in [-0.3, -0.25) is 4.98 Å². The van der Waals surface area contributed by atoms with Crippen molar-refractivity contribution in [2.75, 3.05) is 5.32 Å². The summed E-state index contributed by atoms with van der Waals surface area (Å²) in [5.74, 6) is -0.299. The van der Waals surface area contributed by atoms with Crippen molar-refractivity contribution in [3.8, 4) is 0 Å². The predicted octanol–water partition coefficient (Wildman–Crippen LogP) is 4.73. The molecule has 0 aliphatic heterocycles. The lowest BCUT2D eigenvalue weighted by Crippen LogP contribution is -1.96. The highest BCUT2D eigenvalue weighted by molar-refractivity contribution is 5.93. The predicted molar refractivity (Wildman–Crippen MR) is 80.9 cm³/mol. The summed E-state index contributed by atoms with van der Waals surface area (Å²) in [5.41, 5.74) is 4.70. The number of para-hydroxylation sites is 1. The molecule has 0 amide bonds. The highest BCUT2D eigenvalue weighted by atomic mass is 19.1. The normalized spacial score (nSPS) is 10.8. The van der Waals surface area contributed by atoms with Gasteiger partial charge in [-0.1, -0.05) is 24.3 Å². The number of nitrogens with zero attached hydrogens (tertiary/aromatic N) is 1. The van der Waals surface area contributed by atoms with Crippen molar-refractivity contribution < 1.29 is 4.39 Å². The van der Waals surface area contributed by atoms with Gasteiger partial charge in [-0.05, 0) is 43.2 Å². The number of nitrogens with one attached hydrogen (secondary N) is 1. The van der Waals surface area contributed by atoms with Gasteiger partial charge in [0, 0.05) is 23.0 Å². The molecule has 3 heteroatoms. The van der Waals surface area contributed by atoms with Crippen molar-refractivity contribution >= 4 is 22.3 Å². The second-order valence-electron chi connectivity index (χ2n) is 4.87. The monoisotopic (exact) mass is 266 g/mol. The number of hydrogen-bond donors (Lipinski definition) is 1. The summed E-state index contributed by atoms with van der Waals surface area (Å²) in [6, 6.07) is 13.0. The van der Waals surface area contributed by atoms with E-state index in [1.807, 2.05) is 24.3 Å². The molecular weight excluding hydrogens is 251 g/mol. The van der Waals surface area contributed by atoms with Gasteiger partial charge in [0.1, 0.15) is 11.3 Å². The maximum atomic E-state index is 13.8. The summed E-state index contributed by atoms with van der Waals surface area (Å²) < 4.78 is 13.8. The van der Waals surface area contributed by atoms with E-state index in [0.29, 0.717) is 5.52 Å². The lowest BCUT2D eigenvalue weighted by molar-refractivity contribution is 0.637. The molecule has 1 aromatic heterocycles. The Labute approximate surface area is 117 Å². The van der Waals surface area contributed by atoms with Crippen LogP contribution in [0.1, 0.15) is 11.1 Å². The van der Waals surface area contributed by atoms with Crippen LogP contribution in [0.3, 0.4) is 0 Å². The van der Waals surface area contributed by atoms with Crippen LogP contribution in [0.25, 0.3) is 10.9 Å². The molecule has 0 aliphatic carbocycles. The number of halogens is 1. The Morgan fingerprint density at radius 3 is 2.60 bits per heavy atom. The molecule has 3 rings (SSSR count).